The van der Waals surface area contributed by atoms with E-state index in [0.29, 0.717) is 23.3 Å². The molecule has 5 nitrogen and oxygen atoms in total. The van der Waals surface area contributed by atoms with Crippen LogP contribution in [0.2, 0.25) is 0 Å². The van der Waals surface area contributed by atoms with Crippen molar-refractivity contribution < 1.29 is 19.1 Å². The Hall–Kier alpha value is -2.82. The van der Waals surface area contributed by atoms with Gasteiger partial charge in [-0.2, -0.15) is 0 Å². The summed E-state index contributed by atoms with van der Waals surface area (Å²) in [4.78, 5) is 23.4. The van der Waals surface area contributed by atoms with Crippen LogP contribution in [0, 0.1) is 0 Å². The van der Waals surface area contributed by atoms with Crippen molar-refractivity contribution in [2.45, 2.75) is 32.4 Å². The van der Waals surface area contributed by atoms with Crippen LogP contribution in [0.25, 0.3) is 0 Å². The zero-order chi connectivity index (χ0) is 17.6. The first-order valence-electron chi connectivity index (χ1n) is 7.66. The van der Waals surface area contributed by atoms with E-state index in [4.69, 9.17) is 9.47 Å². The number of ether oxygens (including phenoxy) is 2. The van der Waals surface area contributed by atoms with Gasteiger partial charge in [0.25, 0.3) is 0 Å². The van der Waals surface area contributed by atoms with Gasteiger partial charge in [0.05, 0.1) is 0 Å². The third-order valence-corrected chi connectivity index (χ3v) is 3.03. The number of para-hydroxylation sites is 2. The third-order valence-electron chi connectivity index (χ3n) is 3.03. The van der Waals surface area contributed by atoms with Crippen LogP contribution in [0.15, 0.2) is 54.6 Å². The Kier molecular flexibility index (Phi) is 5.58. The molecule has 1 unspecified atom stereocenters. The highest BCUT2D eigenvalue weighted by molar-refractivity contribution is 5.75. The normalized spacial score (nSPS) is 12.1. The molecular weight excluding hydrogens is 306 g/mol. The Balaban J connectivity index is 2.19. The van der Waals surface area contributed by atoms with Gasteiger partial charge >= 0.3 is 6.09 Å². The third kappa shape index (κ3) is 5.12. The van der Waals surface area contributed by atoms with Crippen LogP contribution in [0.1, 0.15) is 32.4 Å². The van der Waals surface area contributed by atoms with E-state index in [2.05, 4.69) is 5.32 Å². The second kappa shape index (κ2) is 7.64. The van der Waals surface area contributed by atoms with E-state index in [-0.39, 0.29) is 0 Å². The summed E-state index contributed by atoms with van der Waals surface area (Å²) in [6.45, 7) is 5.28. The number of carbonyl (C=O) groups is 2. The van der Waals surface area contributed by atoms with Gasteiger partial charge in [-0.25, -0.2) is 4.79 Å². The topological polar surface area (TPSA) is 64.6 Å². The van der Waals surface area contributed by atoms with Gasteiger partial charge in [-0.3, -0.25) is 0 Å². The zero-order valence-electron chi connectivity index (χ0n) is 14.0. The quantitative estimate of drug-likeness (QED) is 0.834. The molecule has 2 aromatic rings. The second-order valence-corrected chi connectivity index (χ2v) is 6.21. The van der Waals surface area contributed by atoms with Crippen LogP contribution in [-0.2, 0) is 9.53 Å². The van der Waals surface area contributed by atoms with Gasteiger partial charge in [0.15, 0.2) is 0 Å². The van der Waals surface area contributed by atoms with Gasteiger partial charge < -0.3 is 19.6 Å². The molecule has 1 amide bonds. The fraction of sp³-hybridized carbons (Fsp3) is 0.263. The molecule has 2 rings (SSSR count). The predicted molar refractivity (Wildman–Crippen MR) is 91.1 cm³/mol. The maximum absolute atomic E-state index is 11.9. The van der Waals surface area contributed by atoms with E-state index in [0.717, 1.165) is 0 Å². The Morgan fingerprint density at radius 1 is 1.04 bits per heavy atom. The second-order valence-electron chi connectivity index (χ2n) is 6.21. The van der Waals surface area contributed by atoms with Crippen LogP contribution >= 0.6 is 0 Å². The van der Waals surface area contributed by atoms with E-state index in [1.807, 2.05) is 30.3 Å². The van der Waals surface area contributed by atoms with Crippen molar-refractivity contribution in [1.29, 1.82) is 0 Å². The minimum absolute atomic E-state index is 0.497. The SMILES string of the molecule is CC(C)(C)OC(=O)NC(C=O)c1ccccc1Oc1ccccc1. The van der Waals surface area contributed by atoms with Crippen molar-refractivity contribution in [1.82, 2.24) is 5.32 Å². The van der Waals surface area contributed by atoms with Crippen LogP contribution in [0.4, 0.5) is 4.79 Å². The number of hydrogen-bond donors (Lipinski definition) is 1. The smallest absolute Gasteiger partial charge is 0.408 e. The lowest BCUT2D eigenvalue weighted by molar-refractivity contribution is -0.109. The van der Waals surface area contributed by atoms with E-state index in [9.17, 15) is 9.59 Å². The Bertz CT molecular complexity index is 692. The Labute approximate surface area is 141 Å². The van der Waals surface area contributed by atoms with Gasteiger partial charge in [0.2, 0.25) is 0 Å². The molecule has 0 heterocycles. The van der Waals surface area contributed by atoms with Crippen molar-refractivity contribution in [3.8, 4) is 11.5 Å². The number of alkyl carbamates (subject to hydrolysis) is 1. The summed E-state index contributed by atoms with van der Waals surface area (Å²) in [5.74, 6) is 1.14. The highest BCUT2D eigenvalue weighted by Gasteiger charge is 2.22. The van der Waals surface area contributed by atoms with Crippen molar-refractivity contribution in [2.75, 3.05) is 0 Å². The highest BCUT2D eigenvalue weighted by Crippen LogP contribution is 2.29. The number of carbonyl (C=O) groups excluding carboxylic acids is 2. The molecular formula is C19H21NO4. The minimum Gasteiger partial charge on any atom is -0.457 e. The molecule has 0 aliphatic heterocycles. The average Bonchev–Trinajstić information content (AvgIpc) is 2.53. The molecule has 24 heavy (non-hydrogen) atoms. The van der Waals surface area contributed by atoms with Crippen molar-refractivity contribution in [2.24, 2.45) is 0 Å². The summed E-state index contributed by atoms with van der Waals surface area (Å²) < 4.78 is 11.0. The van der Waals surface area contributed by atoms with Gasteiger partial charge in [0, 0.05) is 5.56 Å². The molecule has 0 aliphatic carbocycles. The van der Waals surface area contributed by atoms with E-state index < -0.39 is 17.7 Å². The largest absolute Gasteiger partial charge is 0.457 e. The van der Waals surface area contributed by atoms with Crippen LogP contribution in [0.3, 0.4) is 0 Å². The zero-order valence-corrected chi connectivity index (χ0v) is 14.0. The van der Waals surface area contributed by atoms with Crippen LogP contribution in [-0.4, -0.2) is 18.0 Å². The molecule has 126 valence electrons. The van der Waals surface area contributed by atoms with Crippen molar-refractivity contribution >= 4 is 12.4 Å². The lowest BCUT2D eigenvalue weighted by Gasteiger charge is -2.22. The molecule has 1 N–H and O–H groups in total. The molecule has 0 spiro atoms. The van der Waals surface area contributed by atoms with Gasteiger partial charge in [-0.15, -0.1) is 0 Å². The van der Waals surface area contributed by atoms with Crippen molar-refractivity contribution in [3.05, 3.63) is 60.2 Å². The first-order valence-corrected chi connectivity index (χ1v) is 7.66. The van der Waals surface area contributed by atoms with Crippen LogP contribution in [0.5, 0.6) is 11.5 Å². The summed E-state index contributed by atoms with van der Waals surface area (Å²) in [6, 6.07) is 15.4. The summed E-state index contributed by atoms with van der Waals surface area (Å²) in [6.07, 6.45) is -0.00832. The number of hydrogen-bond acceptors (Lipinski definition) is 4. The molecule has 0 saturated heterocycles. The lowest BCUT2D eigenvalue weighted by Crippen LogP contribution is -2.35. The van der Waals surface area contributed by atoms with E-state index in [1.54, 1.807) is 45.0 Å². The summed E-state index contributed by atoms with van der Waals surface area (Å²) in [7, 11) is 0. The maximum atomic E-state index is 11.9. The lowest BCUT2D eigenvalue weighted by atomic mass is 10.1. The molecule has 5 heteroatoms. The predicted octanol–water partition coefficient (Wildman–Crippen LogP) is 4.24. The number of rotatable bonds is 5. The highest BCUT2D eigenvalue weighted by atomic mass is 16.6. The summed E-state index contributed by atoms with van der Waals surface area (Å²) in [5, 5.41) is 2.56. The average molecular weight is 327 g/mol. The molecule has 0 aromatic heterocycles. The fourth-order valence-electron chi connectivity index (χ4n) is 2.07. The summed E-state index contributed by atoms with van der Waals surface area (Å²) >= 11 is 0. The molecule has 0 fully saturated rings. The van der Waals surface area contributed by atoms with Crippen molar-refractivity contribution in [3.63, 3.8) is 0 Å². The molecule has 2 aromatic carbocycles. The first-order chi connectivity index (χ1) is 11.4. The van der Waals surface area contributed by atoms with Gasteiger partial charge in [-0.05, 0) is 39.0 Å². The minimum atomic E-state index is -0.861. The monoisotopic (exact) mass is 327 g/mol. The van der Waals surface area contributed by atoms with E-state index in [1.165, 1.54) is 0 Å². The Morgan fingerprint density at radius 2 is 1.67 bits per heavy atom. The van der Waals surface area contributed by atoms with Gasteiger partial charge in [0.1, 0.15) is 29.4 Å². The number of amides is 1. The fourth-order valence-corrected chi connectivity index (χ4v) is 2.07. The van der Waals surface area contributed by atoms with Gasteiger partial charge in [-0.1, -0.05) is 36.4 Å². The molecule has 0 aliphatic rings. The number of aldehydes is 1. The molecule has 0 bridgehead atoms. The maximum Gasteiger partial charge on any atom is 0.408 e. The van der Waals surface area contributed by atoms with Crippen LogP contribution < -0.4 is 10.1 Å². The number of benzene rings is 2. The first kappa shape index (κ1) is 17.5. The molecule has 0 saturated carbocycles. The molecule has 0 radical (unpaired) electrons. The Morgan fingerprint density at radius 3 is 2.29 bits per heavy atom. The van der Waals surface area contributed by atoms with E-state index >= 15 is 0 Å². The number of nitrogens with one attached hydrogen (secondary N) is 1. The standard InChI is InChI=1S/C19H21NO4/c1-19(2,3)24-18(22)20-16(13-21)15-11-7-8-12-17(15)23-14-9-5-4-6-10-14/h4-13,16H,1-3H3,(H,20,22). The molecule has 1 atom stereocenters. The summed E-state index contributed by atoms with van der Waals surface area (Å²) in [5.41, 5.74) is -0.0837.